The number of carbonyl (C=O) groups excluding carboxylic acids is 3. The zero-order valence-electron chi connectivity index (χ0n) is 13.4. The van der Waals surface area contributed by atoms with Gasteiger partial charge in [0.15, 0.2) is 0 Å². The molecule has 8 heteroatoms. The first-order valence-electron chi connectivity index (χ1n) is 7.73. The van der Waals surface area contributed by atoms with Crippen molar-refractivity contribution in [3.63, 3.8) is 0 Å². The van der Waals surface area contributed by atoms with Gasteiger partial charge in [0.1, 0.15) is 5.82 Å². The second kappa shape index (κ2) is 7.88. The van der Waals surface area contributed by atoms with Gasteiger partial charge < -0.3 is 5.32 Å². The summed E-state index contributed by atoms with van der Waals surface area (Å²) in [6.45, 7) is 0. The predicted molar refractivity (Wildman–Crippen MR) is 99.8 cm³/mol. The van der Waals surface area contributed by atoms with Gasteiger partial charge in [0.2, 0.25) is 17.7 Å². The Labute approximate surface area is 158 Å². The van der Waals surface area contributed by atoms with E-state index in [1.165, 1.54) is 24.3 Å². The third-order valence-corrected chi connectivity index (χ3v) is 5.19. The van der Waals surface area contributed by atoms with Crippen molar-refractivity contribution in [1.82, 2.24) is 0 Å². The Morgan fingerprint density at radius 2 is 1.81 bits per heavy atom. The summed E-state index contributed by atoms with van der Waals surface area (Å²) in [6.07, 6.45) is 0.0377. The maximum absolute atomic E-state index is 12.9. The van der Waals surface area contributed by atoms with Crippen LogP contribution in [0.15, 0.2) is 48.5 Å². The molecule has 5 nitrogen and oxygen atoms in total. The lowest BCUT2D eigenvalue weighted by molar-refractivity contribution is -0.121. The van der Waals surface area contributed by atoms with E-state index in [0.29, 0.717) is 16.4 Å². The number of hydrogen-bond donors (Lipinski definition) is 1. The monoisotopic (exact) mass is 392 g/mol. The summed E-state index contributed by atoms with van der Waals surface area (Å²) in [5.74, 6) is -1.37. The molecular weight excluding hydrogens is 379 g/mol. The number of halogens is 2. The van der Waals surface area contributed by atoms with Gasteiger partial charge in [-0.15, -0.1) is 11.8 Å². The molecule has 0 saturated carbocycles. The average Bonchev–Trinajstić information content (AvgIpc) is 2.90. The fourth-order valence-corrected chi connectivity index (χ4v) is 3.56. The SMILES string of the molecule is O=C(CSC1CC(=O)N(c2ccc(Cl)cc2)C1=O)Nc1ccc(F)cc1. The molecule has 3 rings (SSSR count). The molecule has 1 unspecified atom stereocenters. The molecule has 1 heterocycles. The molecule has 1 aliphatic rings. The van der Waals surface area contributed by atoms with Crippen molar-refractivity contribution in [2.45, 2.75) is 11.7 Å². The van der Waals surface area contributed by atoms with Crippen molar-refractivity contribution in [1.29, 1.82) is 0 Å². The van der Waals surface area contributed by atoms with E-state index in [1.54, 1.807) is 24.3 Å². The number of rotatable bonds is 5. The molecule has 3 amide bonds. The number of anilines is 2. The molecule has 2 aromatic rings. The van der Waals surface area contributed by atoms with Gasteiger partial charge in [-0.1, -0.05) is 11.6 Å². The van der Waals surface area contributed by atoms with E-state index in [2.05, 4.69) is 5.32 Å². The van der Waals surface area contributed by atoms with Crippen LogP contribution in [0.5, 0.6) is 0 Å². The molecule has 1 N–H and O–H groups in total. The Morgan fingerprint density at radius 1 is 1.15 bits per heavy atom. The minimum Gasteiger partial charge on any atom is -0.325 e. The summed E-state index contributed by atoms with van der Waals surface area (Å²) in [5.41, 5.74) is 0.928. The third-order valence-electron chi connectivity index (χ3n) is 3.73. The van der Waals surface area contributed by atoms with E-state index in [4.69, 9.17) is 11.6 Å². The molecule has 0 aliphatic carbocycles. The summed E-state index contributed by atoms with van der Waals surface area (Å²) in [4.78, 5) is 37.8. The zero-order chi connectivity index (χ0) is 18.7. The Hall–Kier alpha value is -2.38. The first-order chi connectivity index (χ1) is 12.4. The van der Waals surface area contributed by atoms with Crippen molar-refractivity contribution in [3.05, 3.63) is 59.4 Å². The summed E-state index contributed by atoms with van der Waals surface area (Å²) in [7, 11) is 0. The van der Waals surface area contributed by atoms with Crippen LogP contribution in [0.4, 0.5) is 15.8 Å². The summed E-state index contributed by atoms with van der Waals surface area (Å²) in [5, 5.41) is 2.51. The van der Waals surface area contributed by atoms with Crippen LogP contribution in [-0.2, 0) is 14.4 Å². The highest BCUT2D eigenvalue weighted by molar-refractivity contribution is 8.01. The van der Waals surface area contributed by atoms with Crippen LogP contribution < -0.4 is 10.2 Å². The maximum Gasteiger partial charge on any atom is 0.247 e. The van der Waals surface area contributed by atoms with Crippen LogP contribution in [-0.4, -0.2) is 28.7 Å². The molecule has 1 aliphatic heterocycles. The van der Waals surface area contributed by atoms with E-state index < -0.39 is 11.1 Å². The van der Waals surface area contributed by atoms with E-state index in [9.17, 15) is 18.8 Å². The lowest BCUT2D eigenvalue weighted by Gasteiger charge is -2.15. The largest absolute Gasteiger partial charge is 0.325 e. The van der Waals surface area contributed by atoms with Crippen LogP contribution in [0.2, 0.25) is 5.02 Å². The van der Waals surface area contributed by atoms with Gasteiger partial charge in [-0.2, -0.15) is 0 Å². The van der Waals surface area contributed by atoms with E-state index in [-0.39, 0.29) is 29.9 Å². The van der Waals surface area contributed by atoms with E-state index in [1.807, 2.05) is 0 Å². The second-order valence-corrected chi connectivity index (χ2v) is 7.23. The van der Waals surface area contributed by atoms with Gasteiger partial charge in [-0.05, 0) is 48.5 Å². The molecule has 1 fully saturated rings. The highest BCUT2D eigenvalue weighted by atomic mass is 35.5. The smallest absolute Gasteiger partial charge is 0.247 e. The van der Waals surface area contributed by atoms with Gasteiger partial charge in [0.05, 0.1) is 16.7 Å². The number of carbonyl (C=O) groups is 3. The molecular formula is C18H14ClFN2O3S. The van der Waals surface area contributed by atoms with Gasteiger partial charge in [0.25, 0.3) is 0 Å². The number of amides is 3. The zero-order valence-corrected chi connectivity index (χ0v) is 15.0. The summed E-state index contributed by atoms with van der Waals surface area (Å²) in [6, 6.07) is 11.8. The number of nitrogens with zero attached hydrogens (tertiary/aromatic N) is 1. The van der Waals surface area contributed by atoms with Crippen LogP contribution in [0.3, 0.4) is 0 Å². The third kappa shape index (κ3) is 4.23. The fourth-order valence-electron chi connectivity index (χ4n) is 2.50. The number of nitrogens with one attached hydrogen (secondary N) is 1. The first kappa shape index (κ1) is 18.4. The van der Waals surface area contributed by atoms with Crippen molar-refractivity contribution >= 4 is 52.5 Å². The van der Waals surface area contributed by atoms with Crippen molar-refractivity contribution in [3.8, 4) is 0 Å². The normalized spacial score (nSPS) is 16.8. The molecule has 134 valence electrons. The molecule has 0 aromatic heterocycles. The minimum absolute atomic E-state index is 0.00945. The molecule has 0 spiro atoms. The Kier molecular flexibility index (Phi) is 5.58. The van der Waals surface area contributed by atoms with Crippen LogP contribution in [0.25, 0.3) is 0 Å². The molecule has 1 saturated heterocycles. The highest BCUT2D eigenvalue weighted by Crippen LogP contribution is 2.30. The molecule has 1 atom stereocenters. The Morgan fingerprint density at radius 3 is 2.46 bits per heavy atom. The van der Waals surface area contributed by atoms with Crippen LogP contribution in [0.1, 0.15) is 6.42 Å². The van der Waals surface area contributed by atoms with Crippen LogP contribution >= 0.6 is 23.4 Å². The number of hydrogen-bond acceptors (Lipinski definition) is 4. The molecule has 0 radical (unpaired) electrons. The number of imide groups is 1. The summed E-state index contributed by atoms with van der Waals surface area (Å²) < 4.78 is 12.9. The predicted octanol–water partition coefficient (Wildman–Crippen LogP) is 3.48. The first-order valence-corrected chi connectivity index (χ1v) is 9.16. The van der Waals surface area contributed by atoms with Crippen molar-refractivity contribution in [2.75, 3.05) is 16.0 Å². The second-order valence-electron chi connectivity index (χ2n) is 5.60. The van der Waals surface area contributed by atoms with Gasteiger partial charge in [0, 0.05) is 17.1 Å². The Balaban J connectivity index is 1.57. The highest BCUT2D eigenvalue weighted by Gasteiger charge is 2.40. The van der Waals surface area contributed by atoms with Gasteiger partial charge in [-0.25, -0.2) is 9.29 Å². The Bertz CT molecular complexity index is 843. The van der Waals surface area contributed by atoms with Crippen molar-refractivity contribution in [2.24, 2.45) is 0 Å². The van der Waals surface area contributed by atoms with Gasteiger partial charge >= 0.3 is 0 Å². The lowest BCUT2D eigenvalue weighted by Crippen LogP contribution is -2.31. The van der Waals surface area contributed by atoms with E-state index >= 15 is 0 Å². The van der Waals surface area contributed by atoms with Crippen molar-refractivity contribution < 1.29 is 18.8 Å². The average molecular weight is 393 g/mol. The molecule has 0 bridgehead atoms. The van der Waals surface area contributed by atoms with Crippen LogP contribution in [0, 0.1) is 5.82 Å². The number of benzene rings is 2. The molecule has 2 aromatic carbocycles. The van der Waals surface area contributed by atoms with E-state index in [0.717, 1.165) is 16.7 Å². The van der Waals surface area contributed by atoms with Gasteiger partial charge in [-0.3, -0.25) is 14.4 Å². The minimum atomic E-state index is -0.614. The summed E-state index contributed by atoms with van der Waals surface area (Å²) >= 11 is 6.93. The lowest BCUT2D eigenvalue weighted by atomic mass is 10.3. The fraction of sp³-hybridized carbons (Fsp3) is 0.167. The standard InChI is InChI=1S/C18H14ClFN2O3S/c19-11-1-7-14(8-2-11)22-17(24)9-15(18(22)25)26-10-16(23)21-13-5-3-12(20)4-6-13/h1-8,15H,9-10H2,(H,21,23). The quantitative estimate of drug-likeness (QED) is 0.791. The topological polar surface area (TPSA) is 66.5 Å². The number of thioether (sulfide) groups is 1. The maximum atomic E-state index is 12.9. The molecule has 26 heavy (non-hydrogen) atoms.